The van der Waals surface area contributed by atoms with Crippen LogP contribution in [0.2, 0.25) is 0 Å². The Labute approximate surface area is 103 Å². The standard InChI is InChI=1S/C14H21NO2/c1-10-5-7-13(8-6-10)9-15(4)12(3)11(2)14(16)17/h5-8,11-12H,9H2,1-4H3,(H,16,17). The summed E-state index contributed by atoms with van der Waals surface area (Å²) in [6.45, 7) is 6.54. The third-order valence-corrected chi connectivity index (χ3v) is 3.36. The molecular formula is C14H21NO2. The molecule has 1 aromatic carbocycles. The van der Waals surface area contributed by atoms with E-state index in [2.05, 4.69) is 36.1 Å². The first-order valence-corrected chi connectivity index (χ1v) is 5.90. The molecule has 0 saturated carbocycles. The van der Waals surface area contributed by atoms with Gasteiger partial charge in [0, 0.05) is 12.6 Å². The highest BCUT2D eigenvalue weighted by atomic mass is 16.4. The summed E-state index contributed by atoms with van der Waals surface area (Å²) in [5, 5.41) is 8.98. The van der Waals surface area contributed by atoms with Gasteiger partial charge in [0.05, 0.1) is 5.92 Å². The van der Waals surface area contributed by atoms with Crippen molar-refractivity contribution in [3.05, 3.63) is 35.4 Å². The Morgan fingerprint density at radius 3 is 2.29 bits per heavy atom. The van der Waals surface area contributed by atoms with Crippen LogP contribution in [-0.2, 0) is 11.3 Å². The zero-order valence-corrected chi connectivity index (χ0v) is 11.0. The molecule has 0 spiro atoms. The Morgan fingerprint density at radius 1 is 1.29 bits per heavy atom. The second-order valence-electron chi connectivity index (χ2n) is 4.77. The van der Waals surface area contributed by atoms with E-state index in [1.54, 1.807) is 6.92 Å². The average Bonchev–Trinajstić information content (AvgIpc) is 2.30. The quantitative estimate of drug-likeness (QED) is 0.852. The molecule has 0 fully saturated rings. The first kappa shape index (κ1) is 13.7. The van der Waals surface area contributed by atoms with Gasteiger partial charge in [0.1, 0.15) is 0 Å². The van der Waals surface area contributed by atoms with Crippen LogP contribution >= 0.6 is 0 Å². The molecule has 3 nitrogen and oxygen atoms in total. The van der Waals surface area contributed by atoms with E-state index in [9.17, 15) is 4.79 Å². The summed E-state index contributed by atoms with van der Waals surface area (Å²) in [5.41, 5.74) is 2.45. The number of hydrogen-bond donors (Lipinski definition) is 1. The molecular weight excluding hydrogens is 214 g/mol. The van der Waals surface area contributed by atoms with Gasteiger partial charge in [0.25, 0.3) is 0 Å². The fourth-order valence-corrected chi connectivity index (χ4v) is 1.71. The Hall–Kier alpha value is -1.35. The van der Waals surface area contributed by atoms with Gasteiger partial charge in [-0.2, -0.15) is 0 Å². The number of benzene rings is 1. The molecule has 0 aliphatic carbocycles. The molecule has 1 N–H and O–H groups in total. The maximum atomic E-state index is 10.9. The number of hydrogen-bond acceptors (Lipinski definition) is 2. The molecule has 0 radical (unpaired) electrons. The van der Waals surface area contributed by atoms with E-state index in [1.807, 2.05) is 14.0 Å². The van der Waals surface area contributed by atoms with Crippen molar-refractivity contribution in [1.29, 1.82) is 0 Å². The second kappa shape index (κ2) is 5.82. The molecule has 0 saturated heterocycles. The third kappa shape index (κ3) is 3.86. The molecule has 1 rings (SSSR count). The summed E-state index contributed by atoms with van der Waals surface area (Å²) in [6, 6.07) is 8.35. The highest BCUT2D eigenvalue weighted by Crippen LogP contribution is 2.13. The highest BCUT2D eigenvalue weighted by molar-refractivity contribution is 5.70. The fourth-order valence-electron chi connectivity index (χ4n) is 1.71. The zero-order valence-electron chi connectivity index (χ0n) is 11.0. The van der Waals surface area contributed by atoms with Crippen LogP contribution in [0.4, 0.5) is 0 Å². The lowest BCUT2D eigenvalue weighted by atomic mass is 10.0. The average molecular weight is 235 g/mol. The second-order valence-corrected chi connectivity index (χ2v) is 4.77. The summed E-state index contributed by atoms with van der Waals surface area (Å²) < 4.78 is 0. The van der Waals surface area contributed by atoms with Crippen LogP contribution in [0.25, 0.3) is 0 Å². The molecule has 0 bridgehead atoms. The monoisotopic (exact) mass is 235 g/mol. The summed E-state index contributed by atoms with van der Waals surface area (Å²) >= 11 is 0. The number of aliphatic carboxylic acids is 1. The van der Waals surface area contributed by atoms with Crippen LogP contribution in [-0.4, -0.2) is 29.1 Å². The predicted molar refractivity (Wildman–Crippen MR) is 68.9 cm³/mol. The van der Waals surface area contributed by atoms with Crippen LogP contribution < -0.4 is 0 Å². The molecule has 0 aliphatic rings. The number of carboxylic acids is 1. The topological polar surface area (TPSA) is 40.5 Å². The van der Waals surface area contributed by atoms with E-state index < -0.39 is 5.97 Å². The van der Waals surface area contributed by atoms with Gasteiger partial charge in [-0.05, 0) is 26.5 Å². The van der Waals surface area contributed by atoms with Crippen LogP contribution in [0.5, 0.6) is 0 Å². The fraction of sp³-hybridized carbons (Fsp3) is 0.500. The Kier molecular flexibility index (Phi) is 4.70. The van der Waals surface area contributed by atoms with Crippen molar-refractivity contribution >= 4 is 5.97 Å². The van der Waals surface area contributed by atoms with E-state index in [4.69, 9.17) is 5.11 Å². The molecule has 0 amide bonds. The Balaban J connectivity index is 2.62. The van der Waals surface area contributed by atoms with E-state index >= 15 is 0 Å². The lowest BCUT2D eigenvalue weighted by Gasteiger charge is -2.27. The molecule has 0 aromatic heterocycles. The van der Waals surface area contributed by atoms with Gasteiger partial charge in [-0.25, -0.2) is 0 Å². The van der Waals surface area contributed by atoms with Crippen molar-refractivity contribution in [2.75, 3.05) is 7.05 Å². The van der Waals surface area contributed by atoms with Gasteiger partial charge in [-0.15, -0.1) is 0 Å². The van der Waals surface area contributed by atoms with Gasteiger partial charge in [-0.1, -0.05) is 36.8 Å². The Morgan fingerprint density at radius 2 is 1.82 bits per heavy atom. The van der Waals surface area contributed by atoms with E-state index in [0.29, 0.717) is 0 Å². The summed E-state index contributed by atoms with van der Waals surface area (Å²) in [5.74, 6) is -1.10. The van der Waals surface area contributed by atoms with Crippen molar-refractivity contribution in [3.63, 3.8) is 0 Å². The number of aryl methyl sites for hydroxylation is 1. The largest absolute Gasteiger partial charge is 0.481 e. The van der Waals surface area contributed by atoms with E-state index in [1.165, 1.54) is 11.1 Å². The lowest BCUT2D eigenvalue weighted by molar-refractivity contribution is -0.143. The van der Waals surface area contributed by atoms with Gasteiger partial charge in [0.2, 0.25) is 0 Å². The van der Waals surface area contributed by atoms with Crippen molar-refractivity contribution < 1.29 is 9.90 Å². The number of carboxylic acid groups (broad SMARTS) is 1. The van der Waals surface area contributed by atoms with Crippen molar-refractivity contribution in [3.8, 4) is 0 Å². The minimum absolute atomic E-state index is 0.0220. The molecule has 0 aliphatic heterocycles. The highest BCUT2D eigenvalue weighted by Gasteiger charge is 2.22. The molecule has 17 heavy (non-hydrogen) atoms. The lowest BCUT2D eigenvalue weighted by Crippen LogP contribution is -2.37. The number of nitrogens with zero attached hydrogens (tertiary/aromatic N) is 1. The first-order valence-electron chi connectivity index (χ1n) is 5.90. The normalized spacial score (nSPS) is 14.6. The predicted octanol–water partition coefficient (Wildman–Crippen LogP) is 2.54. The minimum atomic E-state index is -0.742. The summed E-state index contributed by atoms with van der Waals surface area (Å²) in [4.78, 5) is 13.0. The minimum Gasteiger partial charge on any atom is -0.481 e. The molecule has 94 valence electrons. The van der Waals surface area contributed by atoms with Crippen LogP contribution in [0, 0.1) is 12.8 Å². The van der Waals surface area contributed by atoms with Gasteiger partial charge < -0.3 is 5.11 Å². The maximum Gasteiger partial charge on any atom is 0.307 e. The number of rotatable bonds is 5. The zero-order chi connectivity index (χ0) is 13.0. The van der Waals surface area contributed by atoms with Gasteiger partial charge >= 0.3 is 5.97 Å². The number of carbonyl (C=O) groups is 1. The molecule has 2 unspecified atom stereocenters. The smallest absolute Gasteiger partial charge is 0.307 e. The van der Waals surface area contributed by atoms with Crippen LogP contribution in [0.3, 0.4) is 0 Å². The van der Waals surface area contributed by atoms with E-state index in [0.717, 1.165) is 6.54 Å². The Bertz CT molecular complexity index is 372. The molecule has 0 heterocycles. The van der Waals surface area contributed by atoms with Crippen LogP contribution in [0.15, 0.2) is 24.3 Å². The van der Waals surface area contributed by atoms with Crippen molar-refractivity contribution in [1.82, 2.24) is 4.90 Å². The van der Waals surface area contributed by atoms with Crippen molar-refractivity contribution in [2.24, 2.45) is 5.92 Å². The third-order valence-electron chi connectivity index (χ3n) is 3.36. The molecule has 1 aromatic rings. The van der Waals surface area contributed by atoms with E-state index in [-0.39, 0.29) is 12.0 Å². The maximum absolute atomic E-state index is 10.9. The van der Waals surface area contributed by atoms with Gasteiger partial charge in [0.15, 0.2) is 0 Å². The summed E-state index contributed by atoms with van der Waals surface area (Å²) in [7, 11) is 1.96. The molecule has 3 heteroatoms. The van der Waals surface area contributed by atoms with Crippen molar-refractivity contribution in [2.45, 2.75) is 33.4 Å². The SMILES string of the molecule is Cc1ccc(CN(C)C(C)C(C)C(=O)O)cc1. The van der Waals surface area contributed by atoms with Gasteiger partial charge in [-0.3, -0.25) is 9.69 Å². The first-order chi connectivity index (χ1) is 7.91. The summed E-state index contributed by atoms with van der Waals surface area (Å²) in [6.07, 6.45) is 0. The van der Waals surface area contributed by atoms with Crippen LogP contribution in [0.1, 0.15) is 25.0 Å². The molecule has 2 atom stereocenters.